The quantitative estimate of drug-likeness (QED) is 0.693. The minimum absolute atomic E-state index is 0.0311. The molecule has 5 nitrogen and oxygen atoms in total. The molecule has 0 aliphatic carbocycles. The van der Waals surface area contributed by atoms with Gasteiger partial charge in [0.25, 0.3) is 5.91 Å². The summed E-state index contributed by atoms with van der Waals surface area (Å²) in [6.45, 7) is -0.133. The van der Waals surface area contributed by atoms with E-state index in [1.165, 1.54) is 6.20 Å². The zero-order chi connectivity index (χ0) is 10.4. The molecule has 0 saturated carbocycles. The molecule has 0 aliphatic heterocycles. The smallest absolute Gasteiger partial charge is 0.257 e. The molecule has 1 amide bonds. The molecule has 5 heteroatoms. The highest BCUT2D eigenvalue weighted by molar-refractivity contribution is 5.77. The lowest BCUT2D eigenvalue weighted by atomic mass is 10.3. The zero-order valence-corrected chi connectivity index (χ0v) is 7.86. The number of hydrogen-bond acceptors (Lipinski definition) is 4. The second-order valence-electron chi connectivity index (χ2n) is 2.61. The lowest BCUT2D eigenvalue weighted by Gasteiger charge is -2.04. The maximum Gasteiger partial charge on any atom is 0.257 e. The van der Waals surface area contributed by atoms with E-state index in [2.05, 4.69) is 10.3 Å². The Bertz CT molecular complexity index is 297. The molecule has 76 valence electrons. The number of aromatic nitrogens is 1. The van der Waals surface area contributed by atoms with Gasteiger partial charge in [-0.1, -0.05) is 0 Å². The predicted octanol–water partition coefficient (Wildman–Crippen LogP) is -0.301. The number of aliphatic hydroxyl groups excluding tert-OH is 1. The normalized spacial score (nSPS) is 9.57. The van der Waals surface area contributed by atoms with Crippen LogP contribution in [0.3, 0.4) is 0 Å². The van der Waals surface area contributed by atoms with Crippen molar-refractivity contribution in [2.24, 2.45) is 0 Å². The van der Waals surface area contributed by atoms with Gasteiger partial charge in [0, 0.05) is 7.05 Å². The zero-order valence-electron chi connectivity index (χ0n) is 7.86. The molecule has 1 aromatic rings. The number of pyridine rings is 1. The van der Waals surface area contributed by atoms with Gasteiger partial charge >= 0.3 is 0 Å². The first-order valence-corrected chi connectivity index (χ1v) is 4.15. The molecule has 0 saturated heterocycles. The summed E-state index contributed by atoms with van der Waals surface area (Å²) in [6.07, 6.45) is 1.47. The lowest BCUT2D eigenvalue weighted by molar-refractivity contribution is -0.122. The second-order valence-corrected chi connectivity index (χ2v) is 2.61. The van der Waals surface area contributed by atoms with E-state index in [0.29, 0.717) is 11.4 Å². The Morgan fingerprint density at radius 1 is 1.64 bits per heavy atom. The summed E-state index contributed by atoms with van der Waals surface area (Å²) in [5.74, 6) is 0.307. The van der Waals surface area contributed by atoms with Crippen LogP contribution in [0.5, 0.6) is 5.75 Å². The number of carbonyl (C=O) groups excluding carboxylic acids is 1. The number of likely N-dealkylation sites (N-methyl/N-ethyl adjacent to an activating group) is 1. The first-order valence-electron chi connectivity index (χ1n) is 4.15. The van der Waals surface area contributed by atoms with E-state index in [9.17, 15) is 4.79 Å². The summed E-state index contributed by atoms with van der Waals surface area (Å²) in [5.41, 5.74) is 0.567. The fourth-order valence-electron chi connectivity index (χ4n) is 0.811. The van der Waals surface area contributed by atoms with E-state index >= 15 is 0 Å². The Morgan fingerprint density at radius 3 is 2.93 bits per heavy atom. The molecule has 0 bridgehead atoms. The maximum absolute atomic E-state index is 10.8. The van der Waals surface area contributed by atoms with Crippen LogP contribution < -0.4 is 10.1 Å². The average molecular weight is 196 g/mol. The minimum atomic E-state index is -0.198. The van der Waals surface area contributed by atoms with Crippen molar-refractivity contribution in [3.8, 4) is 5.75 Å². The van der Waals surface area contributed by atoms with Crippen LogP contribution in [0.4, 0.5) is 0 Å². The highest BCUT2D eigenvalue weighted by Gasteiger charge is 1.99. The van der Waals surface area contributed by atoms with Gasteiger partial charge in [-0.05, 0) is 12.1 Å². The number of carbonyl (C=O) groups is 1. The van der Waals surface area contributed by atoms with Gasteiger partial charge in [-0.25, -0.2) is 0 Å². The Morgan fingerprint density at radius 2 is 2.43 bits per heavy atom. The SMILES string of the molecule is CNC(=O)COc1ccc(CO)nc1. The van der Waals surface area contributed by atoms with Crippen molar-refractivity contribution in [2.45, 2.75) is 6.61 Å². The van der Waals surface area contributed by atoms with Crippen LogP contribution in [0.1, 0.15) is 5.69 Å². The standard InChI is InChI=1S/C9H12N2O3/c1-10-9(13)6-14-8-3-2-7(5-12)11-4-8/h2-4,12H,5-6H2,1H3,(H,10,13). The number of hydrogen-bond donors (Lipinski definition) is 2. The second kappa shape index (κ2) is 5.18. The first-order chi connectivity index (χ1) is 6.76. The van der Waals surface area contributed by atoms with E-state index in [1.54, 1.807) is 19.2 Å². The monoisotopic (exact) mass is 196 g/mol. The number of rotatable bonds is 4. The summed E-state index contributed by atoms with van der Waals surface area (Å²) in [5, 5.41) is 11.2. The van der Waals surface area contributed by atoms with Crippen molar-refractivity contribution in [1.29, 1.82) is 0 Å². The van der Waals surface area contributed by atoms with Crippen molar-refractivity contribution in [3.05, 3.63) is 24.0 Å². The number of nitrogens with one attached hydrogen (secondary N) is 1. The highest BCUT2D eigenvalue weighted by Crippen LogP contribution is 2.08. The molecule has 0 aromatic carbocycles. The molecular formula is C9H12N2O3. The van der Waals surface area contributed by atoms with Crippen LogP contribution in [0.2, 0.25) is 0 Å². The molecule has 0 unspecified atom stereocenters. The van der Waals surface area contributed by atoms with E-state index in [0.717, 1.165) is 0 Å². The number of nitrogens with zero attached hydrogens (tertiary/aromatic N) is 1. The molecular weight excluding hydrogens is 184 g/mol. The number of aliphatic hydroxyl groups is 1. The summed E-state index contributed by atoms with van der Waals surface area (Å²) >= 11 is 0. The molecule has 1 rings (SSSR count). The summed E-state index contributed by atoms with van der Waals surface area (Å²) < 4.78 is 5.10. The summed E-state index contributed by atoms with van der Waals surface area (Å²) in [6, 6.07) is 3.29. The third-order valence-corrected chi connectivity index (χ3v) is 1.61. The largest absolute Gasteiger partial charge is 0.482 e. The topological polar surface area (TPSA) is 71.5 Å². The Balaban J connectivity index is 2.47. The van der Waals surface area contributed by atoms with Crippen molar-refractivity contribution >= 4 is 5.91 Å². The van der Waals surface area contributed by atoms with Gasteiger partial charge in [0.2, 0.25) is 0 Å². The van der Waals surface area contributed by atoms with Crippen molar-refractivity contribution in [3.63, 3.8) is 0 Å². The van der Waals surface area contributed by atoms with Crippen LogP contribution in [-0.2, 0) is 11.4 Å². The van der Waals surface area contributed by atoms with E-state index in [4.69, 9.17) is 9.84 Å². The van der Waals surface area contributed by atoms with Gasteiger partial charge < -0.3 is 15.2 Å². The van der Waals surface area contributed by atoms with Crippen LogP contribution in [0.15, 0.2) is 18.3 Å². The van der Waals surface area contributed by atoms with Gasteiger partial charge in [0.1, 0.15) is 5.75 Å². The van der Waals surface area contributed by atoms with E-state index in [-0.39, 0.29) is 19.1 Å². The number of amides is 1. The molecule has 0 spiro atoms. The van der Waals surface area contributed by atoms with E-state index in [1.807, 2.05) is 0 Å². The van der Waals surface area contributed by atoms with Crippen LogP contribution in [0, 0.1) is 0 Å². The highest BCUT2D eigenvalue weighted by atomic mass is 16.5. The molecule has 0 fully saturated rings. The summed E-state index contributed by atoms with van der Waals surface area (Å²) in [7, 11) is 1.54. The Labute approximate surface area is 81.7 Å². The van der Waals surface area contributed by atoms with Crippen molar-refractivity contribution < 1.29 is 14.6 Å². The van der Waals surface area contributed by atoms with Gasteiger partial charge in [-0.2, -0.15) is 0 Å². The van der Waals surface area contributed by atoms with Gasteiger partial charge in [-0.15, -0.1) is 0 Å². The molecule has 0 atom stereocenters. The molecule has 1 heterocycles. The molecule has 14 heavy (non-hydrogen) atoms. The molecule has 2 N–H and O–H groups in total. The van der Waals surface area contributed by atoms with Crippen molar-refractivity contribution in [1.82, 2.24) is 10.3 Å². The summed E-state index contributed by atoms with van der Waals surface area (Å²) in [4.78, 5) is 14.7. The Hall–Kier alpha value is -1.62. The number of ether oxygens (including phenoxy) is 1. The van der Waals surface area contributed by atoms with Crippen molar-refractivity contribution in [2.75, 3.05) is 13.7 Å². The van der Waals surface area contributed by atoms with E-state index < -0.39 is 0 Å². The molecule has 0 aliphatic rings. The average Bonchev–Trinajstić information content (AvgIpc) is 2.26. The Kier molecular flexibility index (Phi) is 3.87. The predicted molar refractivity (Wildman–Crippen MR) is 49.7 cm³/mol. The maximum atomic E-state index is 10.8. The van der Waals surface area contributed by atoms with Gasteiger partial charge in [-0.3, -0.25) is 9.78 Å². The fraction of sp³-hybridized carbons (Fsp3) is 0.333. The van der Waals surface area contributed by atoms with Crippen LogP contribution in [0.25, 0.3) is 0 Å². The van der Waals surface area contributed by atoms with Crippen LogP contribution in [-0.4, -0.2) is 29.7 Å². The first kappa shape index (κ1) is 10.5. The van der Waals surface area contributed by atoms with Gasteiger partial charge in [0.05, 0.1) is 18.5 Å². The third-order valence-electron chi connectivity index (χ3n) is 1.61. The fourth-order valence-corrected chi connectivity index (χ4v) is 0.811. The lowest BCUT2D eigenvalue weighted by Crippen LogP contribution is -2.24. The van der Waals surface area contributed by atoms with Crippen LogP contribution >= 0.6 is 0 Å². The molecule has 1 aromatic heterocycles. The third kappa shape index (κ3) is 3.02. The van der Waals surface area contributed by atoms with Gasteiger partial charge in [0.15, 0.2) is 6.61 Å². The minimum Gasteiger partial charge on any atom is -0.482 e. The molecule has 0 radical (unpaired) electrons.